The van der Waals surface area contributed by atoms with Crippen LogP contribution < -0.4 is 0 Å². The van der Waals surface area contributed by atoms with Crippen molar-refractivity contribution in [2.45, 2.75) is 5.16 Å². The minimum Gasteiger partial charge on any atom is -0.501 e. The molecule has 8 heteroatoms. The highest BCUT2D eigenvalue weighted by molar-refractivity contribution is 7.99. The Labute approximate surface area is 125 Å². The van der Waals surface area contributed by atoms with E-state index in [1.807, 2.05) is 28.8 Å². The van der Waals surface area contributed by atoms with Gasteiger partial charge in [0.05, 0.1) is 29.7 Å². The van der Waals surface area contributed by atoms with Gasteiger partial charge in [0.25, 0.3) is 5.95 Å². The van der Waals surface area contributed by atoms with Crippen LogP contribution in [0, 0.1) is 0 Å². The molecule has 2 aromatic heterocycles. The van der Waals surface area contributed by atoms with E-state index in [-0.39, 0.29) is 0 Å². The van der Waals surface area contributed by atoms with Crippen molar-refractivity contribution in [2.75, 3.05) is 12.9 Å². The number of hydrogen-bond acceptors (Lipinski definition) is 6. The zero-order valence-electron chi connectivity index (χ0n) is 11.7. The van der Waals surface area contributed by atoms with Crippen LogP contribution in [-0.2, 0) is 11.8 Å². The molecule has 0 saturated carbocycles. The van der Waals surface area contributed by atoms with Gasteiger partial charge in [0.1, 0.15) is 0 Å². The molecule has 7 nitrogen and oxygen atoms in total. The van der Waals surface area contributed by atoms with Crippen molar-refractivity contribution in [1.82, 2.24) is 29.8 Å². The van der Waals surface area contributed by atoms with E-state index in [0.29, 0.717) is 17.5 Å². The van der Waals surface area contributed by atoms with Crippen molar-refractivity contribution < 1.29 is 4.74 Å². The zero-order chi connectivity index (χ0) is 14.8. The second-order valence-electron chi connectivity index (χ2n) is 4.35. The maximum absolute atomic E-state index is 5.10. The Morgan fingerprint density at radius 1 is 1.38 bits per heavy atom. The molecule has 3 aromatic rings. The van der Waals surface area contributed by atoms with Gasteiger partial charge in [-0.2, -0.15) is 0 Å². The van der Waals surface area contributed by atoms with Gasteiger partial charge in [-0.3, -0.25) is 4.57 Å². The first kappa shape index (κ1) is 13.6. The van der Waals surface area contributed by atoms with Crippen LogP contribution in [0.15, 0.2) is 41.8 Å². The zero-order valence-corrected chi connectivity index (χ0v) is 12.5. The predicted octanol–water partition coefficient (Wildman–Crippen LogP) is 1.80. The summed E-state index contributed by atoms with van der Waals surface area (Å²) in [4.78, 5) is 4.64. The number of methoxy groups -OCH3 is 1. The predicted molar refractivity (Wildman–Crippen MR) is 80.3 cm³/mol. The average molecular weight is 302 g/mol. The first-order valence-electron chi connectivity index (χ1n) is 6.25. The van der Waals surface area contributed by atoms with E-state index in [2.05, 4.69) is 27.1 Å². The quantitative estimate of drug-likeness (QED) is 0.529. The summed E-state index contributed by atoms with van der Waals surface area (Å²) in [5.74, 6) is 1.93. The first-order valence-corrected chi connectivity index (χ1v) is 7.24. The fraction of sp³-hybridized carbons (Fsp3) is 0.231. The van der Waals surface area contributed by atoms with Gasteiger partial charge in [-0.15, -0.1) is 0 Å². The first-order chi connectivity index (χ1) is 10.2. The molecule has 108 valence electrons. The molecule has 0 spiro atoms. The number of para-hydroxylation sites is 2. The van der Waals surface area contributed by atoms with E-state index in [1.54, 1.807) is 18.8 Å². The van der Waals surface area contributed by atoms with Gasteiger partial charge >= 0.3 is 0 Å². The molecule has 0 unspecified atom stereocenters. The minimum atomic E-state index is 0.616. The molecule has 1 aromatic carbocycles. The summed E-state index contributed by atoms with van der Waals surface area (Å²) in [6, 6.07) is 7.88. The number of thioether (sulfide) groups is 1. The van der Waals surface area contributed by atoms with Crippen molar-refractivity contribution in [1.29, 1.82) is 0 Å². The SMILES string of the molecule is C=C(CSc1nc2ccccc2n1-c1nnnn1C)OC. The largest absolute Gasteiger partial charge is 0.501 e. The lowest BCUT2D eigenvalue weighted by Gasteiger charge is -2.07. The van der Waals surface area contributed by atoms with Crippen molar-refractivity contribution in [2.24, 2.45) is 7.05 Å². The smallest absolute Gasteiger partial charge is 0.256 e. The van der Waals surface area contributed by atoms with Crippen molar-refractivity contribution in [3.8, 4) is 5.95 Å². The molecule has 0 aliphatic carbocycles. The van der Waals surface area contributed by atoms with Crippen molar-refractivity contribution >= 4 is 22.8 Å². The highest BCUT2D eigenvalue weighted by Crippen LogP contribution is 2.27. The molecule has 0 radical (unpaired) electrons. The highest BCUT2D eigenvalue weighted by atomic mass is 32.2. The van der Waals surface area contributed by atoms with E-state index >= 15 is 0 Å². The van der Waals surface area contributed by atoms with Crippen LogP contribution in [0.5, 0.6) is 0 Å². The second-order valence-corrected chi connectivity index (χ2v) is 5.29. The normalized spacial score (nSPS) is 11.0. The Kier molecular flexibility index (Phi) is 3.61. The van der Waals surface area contributed by atoms with Crippen LogP contribution in [0.3, 0.4) is 0 Å². The summed E-state index contributed by atoms with van der Waals surface area (Å²) in [5, 5.41) is 12.5. The van der Waals surface area contributed by atoms with Gasteiger partial charge in [-0.05, 0) is 22.6 Å². The number of ether oxygens (including phenoxy) is 1. The average Bonchev–Trinajstić information content (AvgIpc) is 3.07. The Hall–Kier alpha value is -2.35. The lowest BCUT2D eigenvalue weighted by Crippen LogP contribution is -2.06. The summed E-state index contributed by atoms with van der Waals surface area (Å²) in [6.07, 6.45) is 0. The van der Waals surface area contributed by atoms with Crippen LogP contribution >= 0.6 is 11.8 Å². The lowest BCUT2D eigenvalue weighted by molar-refractivity contribution is 0.298. The number of fused-ring (bicyclic) bond motifs is 1. The molecule has 0 fully saturated rings. The fourth-order valence-electron chi connectivity index (χ4n) is 1.91. The summed E-state index contributed by atoms with van der Waals surface area (Å²) in [5.41, 5.74) is 1.85. The number of hydrogen-bond donors (Lipinski definition) is 0. The van der Waals surface area contributed by atoms with Crippen molar-refractivity contribution in [3.05, 3.63) is 36.6 Å². The third-order valence-electron chi connectivity index (χ3n) is 2.98. The van der Waals surface area contributed by atoms with Crippen LogP contribution in [0.1, 0.15) is 0 Å². The van der Waals surface area contributed by atoms with E-state index in [9.17, 15) is 0 Å². The van der Waals surface area contributed by atoms with Gasteiger partial charge in [-0.1, -0.05) is 35.6 Å². The molecule has 3 rings (SSSR count). The Bertz CT molecular complexity index is 793. The lowest BCUT2D eigenvalue weighted by atomic mass is 10.3. The van der Waals surface area contributed by atoms with E-state index in [0.717, 1.165) is 16.2 Å². The summed E-state index contributed by atoms with van der Waals surface area (Å²) in [7, 11) is 3.41. The number of rotatable bonds is 5. The number of benzene rings is 1. The number of aryl methyl sites for hydroxylation is 1. The van der Waals surface area contributed by atoms with Crippen LogP contribution in [-0.4, -0.2) is 42.6 Å². The van der Waals surface area contributed by atoms with E-state index in [1.165, 1.54) is 11.8 Å². The maximum atomic E-state index is 5.10. The molecular weight excluding hydrogens is 288 g/mol. The Morgan fingerprint density at radius 3 is 2.90 bits per heavy atom. The number of tetrazole rings is 1. The van der Waals surface area contributed by atoms with Gasteiger partial charge in [0.15, 0.2) is 5.16 Å². The third-order valence-corrected chi connectivity index (χ3v) is 3.98. The van der Waals surface area contributed by atoms with Crippen molar-refractivity contribution in [3.63, 3.8) is 0 Å². The topological polar surface area (TPSA) is 70.7 Å². The molecule has 0 N–H and O–H groups in total. The molecule has 0 aliphatic heterocycles. The Morgan fingerprint density at radius 2 is 2.19 bits per heavy atom. The summed E-state index contributed by atoms with van der Waals surface area (Å²) >= 11 is 1.53. The summed E-state index contributed by atoms with van der Waals surface area (Å²) < 4.78 is 8.65. The van der Waals surface area contributed by atoms with Gasteiger partial charge in [-0.25, -0.2) is 9.67 Å². The van der Waals surface area contributed by atoms with Crippen LogP contribution in [0.4, 0.5) is 0 Å². The van der Waals surface area contributed by atoms with Gasteiger partial charge in [0, 0.05) is 7.05 Å². The molecule has 0 amide bonds. The fourth-order valence-corrected chi connectivity index (χ4v) is 2.79. The second kappa shape index (κ2) is 5.57. The van der Waals surface area contributed by atoms with E-state index in [4.69, 9.17) is 4.74 Å². The number of imidazole rings is 1. The molecule has 2 heterocycles. The molecule has 0 saturated heterocycles. The minimum absolute atomic E-state index is 0.616. The highest BCUT2D eigenvalue weighted by Gasteiger charge is 2.17. The number of nitrogens with zero attached hydrogens (tertiary/aromatic N) is 6. The number of aromatic nitrogens is 6. The molecule has 0 aliphatic rings. The molecule has 0 bridgehead atoms. The third kappa shape index (κ3) is 2.49. The molecular formula is C13H14N6OS. The monoisotopic (exact) mass is 302 g/mol. The van der Waals surface area contributed by atoms with Gasteiger partial charge < -0.3 is 4.74 Å². The summed E-state index contributed by atoms with van der Waals surface area (Å²) in [6.45, 7) is 3.83. The maximum Gasteiger partial charge on any atom is 0.256 e. The standard InChI is InChI=1S/C13H14N6OS/c1-9(20-3)8-21-13-14-10-6-4-5-7-11(10)19(13)12-15-16-17-18(12)2/h4-7H,1,8H2,2-3H3. The van der Waals surface area contributed by atoms with E-state index < -0.39 is 0 Å². The molecule has 21 heavy (non-hydrogen) atoms. The molecule has 0 atom stereocenters. The van der Waals surface area contributed by atoms with Crippen LogP contribution in [0.2, 0.25) is 0 Å². The van der Waals surface area contributed by atoms with Crippen LogP contribution in [0.25, 0.3) is 17.0 Å². The Balaban J connectivity index is 2.10. The van der Waals surface area contributed by atoms with Gasteiger partial charge in [0.2, 0.25) is 0 Å².